The average molecular weight is 1680 g/mol. The number of para-hydroxylation sites is 1. The summed E-state index contributed by atoms with van der Waals surface area (Å²) in [7, 11) is 7.60. The zero-order valence-electron chi connectivity index (χ0n) is 71.6. The number of fused-ring (bicyclic) bond motifs is 3. The number of hydrogen-bond donors (Lipinski definition) is 5. The van der Waals surface area contributed by atoms with Crippen LogP contribution < -0.4 is 32.0 Å². The summed E-state index contributed by atoms with van der Waals surface area (Å²) >= 11 is 0. The Kier molecular flexibility index (Phi) is 27.3. The Balaban J connectivity index is 0.000000144. The summed E-state index contributed by atoms with van der Waals surface area (Å²) in [5.74, 6) is 3.94. The molecule has 4 aromatic carbocycles. The molecule has 8 aromatic heterocycles. The van der Waals surface area contributed by atoms with Crippen LogP contribution in [0.15, 0.2) is 183 Å². The fourth-order valence-corrected chi connectivity index (χ4v) is 17.1. The van der Waals surface area contributed by atoms with E-state index in [1.54, 1.807) is 57.0 Å². The fourth-order valence-electron chi connectivity index (χ4n) is 17.1. The Morgan fingerprint density at radius 1 is 0.508 bits per heavy atom. The van der Waals surface area contributed by atoms with E-state index in [-0.39, 0.29) is 41.8 Å². The summed E-state index contributed by atoms with van der Waals surface area (Å²) in [6.45, 7) is 17.5. The van der Waals surface area contributed by atoms with Crippen molar-refractivity contribution in [2.45, 2.75) is 109 Å². The number of carbonyl (C=O) groups is 4. The molecule has 3 aliphatic heterocycles. The topological polar surface area (TPSA) is 361 Å². The Morgan fingerprint density at radius 2 is 0.927 bits per heavy atom. The minimum Gasteiger partial charge on any atom is -0.487 e. The van der Waals surface area contributed by atoms with Gasteiger partial charge in [-0.25, -0.2) is 34.9 Å². The number of likely N-dealkylation sites (N-methyl/N-ethyl adjacent to an activating group) is 2. The summed E-state index contributed by atoms with van der Waals surface area (Å²) in [6.07, 6.45) is 26.3. The van der Waals surface area contributed by atoms with E-state index in [4.69, 9.17) is 36.1 Å². The van der Waals surface area contributed by atoms with Crippen molar-refractivity contribution < 1.29 is 38.1 Å². The van der Waals surface area contributed by atoms with Crippen molar-refractivity contribution in [3.05, 3.63) is 217 Å². The highest BCUT2D eigenvalue weighted by Crippen LogP contribution is 2.45. The second kappa shape index (κ2) is 39.4. The number of pyridine rings is 1. The van der Waals surface area contributed by atoms with Gasteiger partial charge in [-0.3, -0.25) is 33.9 Å². The van der Waals surface area contributed by atoms with Gasteiger partial charge in [0.1, 0.15) is 88.7 Å². The number of benzene rings is 4. The van der Waals surface area contributed by atoms with Gasteiger partial charge in [0.25, 0.3) is 5.91 Å². The van der Waals surface area contributed by atoms with E-state index in [1.165, 1.54) is 44.7 Å². The smallest absolute Gasteiger partial charge is 0.256 e. The molecule has 31 heteroatoms. The number of aromatic nitrogens is 13. The lowest BCUT2D eigenvalue weighted by Gasteiger charge is -2.20. The first-order valence-corrected chi connectivity index (χ1v) is 42.3. The van der Waals surface area contributed by atoms with E-state index >= 15 is 0 Å². The summed E-state index contributed by atoms with van der Waals surface area (Å²) < 4.78 is 28.9. The van der Waals surface area contributed by atoms with Crippen molar-refractivity contribution >= 4 is 80.0 Å². The third-order valence-electron chi connectivity index (χ3n) is 23.9. The number of amides is 4. The van der Waals surface area contributed by atoms with Gasteiger partial charge in [0, 0.05) is 162 Å². The second-order valence-electron chi connectivity index (χ2n) is 32.3. The highest BCUT2D eigenvalue weighted by atomic mass is 16.5. The highest BCUT2D eigenvalue weighted by molar-refractivity contribution is 6.07. The number of H-pyrrole nitrogens is 1. The molecular weight excluding hydrogens is 1570 g/mol. The molecule has 3 saturated heterocycles. The summed E-state index contributed by atoms with van der Waals surface area (Å²) in [5.41, 5.74) is 32.8. The molecule has 644 valence electrons. The molecule has 0 bridgehead atoms. The predicted molar refractivity (Wildman–Crippen MR) is 480 cm³/mol. The van der Waals surface area contributed by atoms with Gasteiger partial charge in [-0.15, -0.1) is 0 Å². The zero-order chi connectivity index (χ0) is 86.5. The number of methoxy groups -OCH3 is 2. The average Bonchev–Trinajstić information content (AvgIpc) is 1.59. The summed E-state index contributed by atoms with van der Waals surface area (Å²) in [5, 5.41) is 15.7. The number of rotatable bonds is 30. The zero-order valence-corrected chi connectivity index (χ0v) is 71.6. The maximum absolute atomic E-state index is 13.1. The van der Waals surface area contributed by atoms with Crippen molar-refractivity contribution in [1.29, 1.82) is 0 Å². The predicted octanol–water partition coefficient (Wildman–Crippen LogP) is 12.2. The quantitative estimate of drug-likeness (QED) is 0.0261. The number of nitrogens with zero attached hydrogens (tertiary/aromatic N) is 18. The minimum absolute atomic E-state index is 0.0124. The molecule has 12 aromatic rings. The van der Waals surface area contributed by atoms with Gasteiger partial charge in [-0.05, 0) is 170 Å². The number of aromatic amines is 1. The normalized spacial score (nSPS) is 16.6. The van der Waals surface area contributed by atoms with Crippen molar-refractivity contribution in [1.82, 2.24) is 93.4 Å². The Labute approximate surface area is 721 Å². The van der Waals surface area contributed by atoms with Gasteiger partial charge in [0.2, 0.25) is 17.7 Å². The molecule has 31 nitrogen and oxygen atoms in total. The molecule has 4 amide bonds. The van der Waals surface area contributed by atoms with E-state index in [2.05, 4.69) is 119 Å². The lowest BCUT2D eigenvalue weighted by Crippen LogP contribution is -2.31. The first-order valence-electron chi connectivity index (χ1n) is 42.3. The van der Waals surface area contributed by atoms with E-state index in [0.29, 0.717) is 107 Å². The van der Waals surface area contributed by atoms with Crippen LogP contribution in [0.5, 0.6) is 17.2 Å². The first kappa shape index (κ1) is 85.9. The number of aryl methyl sites for hydroxylation is 1. The minimum atomic E-state index is -0.231. The number of hydrogen-bond acceptors (Lipinski definition) is 23. The number of ether oxygens (including phenoxy) is 4. The molecular formula is C93H109N23O8. The van der Waals surface area contributed by atoms with Gasteiger partial charge >= 0.3 is 0 Å². The van der Waals surface area contributed by atoms with Gasteiger partial charge in [-0.2, -0.15) is 15.4 Å². The Bertz CT molecular complexity index is 5820. The number of carbonyl (C=O) groups excluding carboxylic acids is 4. The van der Waals surface area contributed by atoms with Crippen molar-refractivity contribution in [3.8, 4) is 50.6 Å². The molecule has 11 heterocycles. The van der Waals surface area contributed by atoms with Crippen LogP contribution in [-0.2, 0) is 30.5 Å². The summed E-state index contributed by atoms with van der Waals surface area (Å²) in [4.78, 5) is 95.4. The molecule has 2 saturated carbocycles. The highest BCUT2D eigenvalue weighted by Gasteiger charge is 2.36. The van der Waals surface area contributed by atoms with Crippen LogP contribution in [0.4, 0.5) is 23.3 Å². The number of nitrogens with one attached hydrogen (secondary N) is 2. The molecule has 3 atom stereocenters. The van der Waals surface area contributed by atoms with Crippen molar-refractivity contribution in [2.24, 2.45) is 0 Å². The van der Waals surface area contributed by atoms with Gasteiger partial charge in [-0.1, -0.05) is 72.8 Å². The van der Waals surface area contributed by atoms with Gasteiger partial charge < -0.3 is 69.9 Å². The molecule has 5 fully saturated rings. The van der Waals surface area contributed by atoms with Gasteiger partial charge in [0.15, 0.2) is 0 Å². The Hall–Kier alpha value is -13.1. The first-order chi connectivity index (χ1) is 60.3. The Morgan fingerprint density at radius 3 is 1.34 bits per heavy atom. The number of anilines is 4. The second-order valence-corrected chi connectivity index (χ2v) is 32.3. The molecule has 17 rings (SSSR count). The van der Waals surface area contributed by atoms with Crippen molar-refractivity contribution in [3.63, 3.8) is 0 Å². The van der Waals surface area contributed by atoms with Crippen LogP contribution >= 0.6 is 0 Å². The maximum Gasteiger partial charge on any atom is 0.256 e. The number of likely N-dealkylation sites (tertiary alicyclic amines) is 3. The molecule has 0 radical (unpaired) electrons. The third-order valence-corrected chi connectivity index (χ3v) is 23.9. The van der Waals surface area contributed by atoms with Crippen LogP contribution in [-0.4, -0.2) is 243 Å². The van der Waals surface area contributed by atoms with E-state index < -0.39 is 0 Å². The SMILES string of the molecule is COCCN(C/C=C/C(=O)N1CC[C@@H](n2c(C)c(-c3ccc(Oc4ccccc4)cc3)c3c(N)ncnc32)C1)CCOC.Cc1c(-c2ccc(OCc3cn[nH]n3)cc2)c2c(N)ncnc2n1[C@@H]1CCN(C(=O)/C=C/CN(C)C2CC2)C1.Cc1ccnc(NC(=O)c2ccc(-c3c(C)n([C@@H]4CCN(C(=O)/C=C/CN(C)C5CC5)C4)c4ncnc(N)c34)cc2)c1. The molecule has 5 aliphatic rings. The standard InChI is InChI=1S/C33H40N6O4.C32H36N8O2.C28H33N9O2/c1-24-30(25-11-13-28(14-12-25)43-27-8-5-4-6-9-27)31-32(34)35-23-36-33(31)39(24)26-15-17-38(22-26)29(40)10-7-16-37(18-20-41-2)19-21-42-3;1-20-12-14-34-26(17-20)37-32(42)23-8-6-22(7-9-23)28-21(2)40(31-29(28)30(33)35-19-36-31)25-13-16-39(18-25)27(41)5-4-15-38(3)24-10-11-24;1-18-25(19-5-9-23(10-6-19)39-16-20-14-32-34-33-20)26-27(29)30-17-31-28(26)37(18)22-11-13-36(15-22)24(38)4-3-12-35(2)21-7-8-21/h4-14,23,26H,15-22H2,1-3H3,(H2,34,35,36);4-9,12,14,17,19,24-25H,10-11,13,15-16,18H2,1-3H3,(H2,33,35,36)(H,34,37,42);3-6,9-10,14,17,21-22H,7-8,11-13,15-16H2,1-2H3,(H2,29,30,31)(H,32,33,34)/b10-7+;5-4+;4-3+/t26-;25-;22-/m111/s1. The summed E-state index contributed by atoms with van der Waals surface area (Å²) in [6, 6.07) is 38.3. The van der Waals surface area contributed by atoms with E-state index in [9.17, 15) is 19.2 Å². The van der Waals surface area contributed by atoms with E-state index in [0.717, 1.165) is 158 Å². The van der Waals surface area contributed by atoms with Crippen LogP contribution in [0.3, 0.4) is 0 Å². The molecule has 8 N–H and O–H groups in total. The largest absolute Gasteiger partial charge is 0.487 e. The fraction of sp³-hybridized carbons (Fsp3) is 0.366. The molecule has 0 unspecified atom stereocenters. The molecule has 2 aliphatic carbocycles. The number of nitrogen functional groups attached to an aromatic ring is 3. The lowest BCUT2D eigenvalue weighted by molar-refractivity contribution is -0.125. The monoisotopic (exact) mass is 1680 g/mol. The van der Waals surface area contributed by atoms with Crippen LogP contribution in [0.25, 0.3) is 66.5 Å². The lowest BCUT2D eigenvalue weighted by atomic mass is 10.0. The molecule has 124 heavy (non-hydrogen) atoms. The van der Waals surface area contributed by atoms with Gasteiger partial charge in [0.05, 0.1) is 53.7 Å². The maximum atomic E-state index is 13.1. The van der Waals surface area contributed by atoms with Crippen LogP contribution in [0.2, 0.25) is 0 Å². The molecule has 0 spiro atoms. The van der Waals surface area contributed by atoms with Crippen LogP contribution in [0.1, 0.15) is 102 Å². The number of nitrogens with two attached hydrogens (primary N) is 3. The van der Waals surface area contributed by atoms with E-state index in [1.807, 2.05) is 143 Å². The van der Waals surface area contributed by atoms with Crippen LogP contribution in [0, 0.1) is 27.7 Å². The third kappa shape index (κ3) is 20.0. The van der Waals surface area contributed by atoms with Crippen molar-refractivity contribution in [2.75, 3.05) is 136 Å².